The standard InChI is InChI=1S/C11H11ClN2O3/c1-6-8(12)2-3-9(13-6)14-5-7(11(16)17)4-10(14)15/h2-3,7H,4-5H2,1H3,(H,16,17). The number of rotatable bonds is 2. The Balaban J connectivity index is 2.26. The van der Waals surface area contributed by atoms with E-state index in [9.17, 15) is 9.59 Å². The monoisotopic (exact) mass is 254 g/mol. The van der Waals surface area contributed by atoms with E-state index in [0.29, 0.717) is 16.5 Å². The summed E-state index contributed by atoms with van der Waals surface area (Å²) in [5, 5.41) is 9.40. The van der Waals surface area contributed by atoms with Gasteiger partial charge in [-0.25, -0.2) is 4.98 Å². The van der Waals surface area contributed by atoms with Crippen LogP contribution < -0.4 is 4.90 Å². The molecule has 17 heavy (non-hydrogen) atoms. The summed E-state index contributed by atoms with van der Waals surface area (Å²) in [6.07, 6.45) is 0.0265. The predicted molar refractivity (Wildman–Crippen MR) is 62.1 cm³/mol. The zero-order chi connectivity index (χ0) is 12.6. The van der Waals surface area contributed by atoms with Gasteiger partial charge in [-0.05, 0) is 19.1 Å². The van der Waals surface area contributed by atoms with Crippen molar-refractivity contribution in [3.05, 3.63) is 22.8 Å². The number of amides is 1. The minimum atomic E-state index is -0.952. The van der Waals surface area contributed by atoms with Crippen LogP contribution in [0, 0.1) is 12.8 Å². The van der Waals surface area contributed by atoms with Crippen LogP contribution in [0.2, 0.25) is 5.02 Å². The van der Waals surface area contributed by atoms with Gasteiger partial charge in [-0.1, -0.05) is 11.6 Å². The Kier molecular flexibility index (Phi) is 3.02. The second-order valence-electron chi connectivity index (χ2n) is 3.98. The summed E-state index contributed by atoms with van der Waals surface area (Å²) >= 11 is 5.84. The predicted octanol–water partition coefficient (Wildman–Crippen LogP) is 1.48. The highest BCUT2D eigenvalue weighted by Crippen LogP contribution is 2.25. The molecule has 0 bridgehead atoms. The second kappa shape index (κ2) is 4.33. The summed E-state index contributed by atoms with van der Waals surface area (Å²) in [5.41, 5.74) is 0.621. The molecule has 1 aromatic rings. The smallest absolute Gasteiger partial charge is 0.308 e. The van der Waals surface area contributed by atoms with E-state index >= 15 is 0 Å². The Hall–Kier alpha value is -1.62. The van der Waals surface area contributed by atoms with Gasteiger partial charge in [-0.2, -0.15) is 0 Å². The molecule has 1 unspecified atom stereocenters. The first-order valence-electron chi connectivity index (χ1n) is 5.15. The highest BCUT2D eigenvalue weighted by atomic mass is 35.5. The SMILES string of the molecule is Cc1nc(N2CC(C(=O)O)CC2=O)ccc1Cl. The highest BCUT2D eigenvalue weighted by molar-refractivity contribution is 6.31. The number of hydrogen-bond donors (Lipinski definition) is 1. The van der Waals surface area contributed by atoms with Gasteiger partial charge in [0.2, 0.25) is 5.91 Å². The third-order valence-corrected chi connectivity index (χ3v) is 3.16. The van der Waals surface area contributed by atoms with E-state index in [1.54, 1.807) is 19.1 Å². The molecule has 6 heteroatoms. The zero-order valence-electron chi connectivity index (χ0n) is 9.18. The van der Waals surface area contributed by atoms with Gasteiger partial charge in [0, 0.05) is 13.0 Å². The minimum Gasteiger partial charge on any atom is -0.481 e. The van der Waals surface area contributed by atoms with Gasteiger partial charge in [0.25, 0.3) is 0 Å². The molecular formula is C11H11ClN2O3. The van der Waals surface area contributed by atoms with Crippen molar-refractivity contribution in [1.29, 1.82) is 0 Å². The molecule has 0 saturated carbocycles. The number of pyridine rings is 1. The fraction of sp³-hybridized carbons (Fsp3) is 0.364. The maximum absolute atomic E-state index is 11.7. The lowest BCUT2D eigenvalue weighted by Gasteiger charge is -2.15. The van der Waals surface area contributed by atoms with E-state index < -0.39 is 11.9 Å². The van der Waals surface area contributed by atoms with Crippen LogP contribution in [-0.2, 0) is 9.59 Å². The molecule has 2 rings (SSSR count). The van der Waals surface area contributed by atoms with E-state index in [1.165, 1.54) is 4.90 Å². The number of carboxylic acid groups (broad SMARTS) is 1. The van der Waals surface area contributed by atoms with Gasteiger partial charge >= 0.3 is 5.97 Å². The van der Waals surface area contributed by atoms with E-state index in [-0.39, 0.29) is 18.9 Å². The van der Waals surface area contributed by atoms with E-state index in [0.717, 1.165) is 0 Å². The van der Waals surface area contributed by atoms with Crippen LogP contribution in [0.5, 0.6) is 0 Å². The summed E-state index contributed by atoms with van der Waals surface area (Å²) in [4.78, 5) is 28.1. The molecule has 1 aromatic heterocycles. The number of aromatic nitrogens is 1. The molecule has 0 aromatic carbocycles. The fourth-order valence-corrected chi connectivity index (χ4v) is 1.88. The van der Waals surface area contributed by atoms with Crippen LogP contribution in [-0.4, -0.2) is 28.5 Å². The van der Waals surface area contributed by atoms with Gasteiger partial charge in [0.1, 0.15) is 5.82 Å². The molecule has 1 saturated heterocycles. The Morgan fingerprint density at radius 1 is 1.59 bits per heavy atom. The Labute approximate surface area is 103 Å². The lowest BCUT2D eigenvalue weighted by Crippen LogP contribution is -2.26. The number of carbonyl (C=O) groups is 2. The molecule has 1 aliphatic rings. The van der Waals surface area contributed by atoms with Crippen molar-refractivity contribution < 1.29 is 14.7 Å². The molecule has 1 amide bonds. The first kappa shape index (κ1) is 11.9. The summed E-state index contributed by atoms with van der Waals surface area (Å²) in [6.45, 7) is 1.91. The molecular weight excluding hydrogens is 244 g/mol. The van der Waals surface area contributed by atoms with Crippen LogP contribution in [0.1, 0.15) is 12.1 Å². The van der Waals surface area contributed by atoms with Crippen molar-refractivity contribution in [2.24, 2.45) is 5.92 Å². The minimum absolute atomic E-state index is 0.0265. The zero-order valence-corrected chi connectivity index (χ0v) is 9.94. The third-order valence-electron chi connectivity index (χ3n) is 2.76. The van der Waals surface area contributed by atoms with Crippen LogP contribution in [0.15, 0.2) is 12.1 Å². The number of nitrogens with zero attached hydrogens (tertiary/aromatic N) is 2. The number of carbonyl (C=O) groups excluding carboxylic acids is 1. The number of hydrogen-bond acceptors (Lipinski definition) is 3. The van der Waals surface area contributed by atoms with Crippen LogP contribution in [0.3, 0.4) is 0 Å². The van der Waals surface area contributed by atoms with Gasteiger partial charge in [-0.15, -0.1) is 0 Å². The molecule has 5 nitrogen and oxygen atoms in total. The number of halogens is 1. The van der Waals surface area contributed by atoms with Crippen molar-refractivity contribution in [3.63, 3.8) is 0 Å². The topological polar surface area (TPSA) is 70.5 Å². The van der Waals surface area contributed by atoms with Gasteiger partial charge in [0.15, 0.2) is 0 Å². The molecule has 90 valence electrons. The van der Waals surface area contributed by atoms with Crippen molar-refractivity contribution in [2.45, 2.75) is 13.3 Å². The maximum atomic E-state index is 11.7. The molecule has 0 aliphatic carbocycles. The maximum Gasteiger partial charge on any atom is 0.308 e. The lowest BCUT2D eigenvalue weighted by atomic mass is 10.1. The molecule has 1 fully saturated rings. The first-order valence-corrected chi connectivity index (χ1v) is 5.53. The van der Waals surface area contributed by atoms with Gasteiger partial charge in [0.05, 0.1) is 16.6 Å². The first-order chi connectivity index (χ1) is 7.99. The van der Waals surface area contributed by atoms with E-state index in [2.05, 4.69) is 4.98 Å². The van der Waals surface area contributed by atoms with Gasteiger partial charge < -0.3 is 5.11 Å². The number of aryl methyl sites for hydroxylation is 1. The second-order valence-corrected chi connectivity index (χ2v) is 4.39. The van der Waals surface area contributed by atoms with Crippen LogP contribution in [0.25, 0.3) is 0 Å². The van der Waals surface area contributed by atoms with Crippen molar-refractivity contribution >= 4 is 29.3 Å². The van der Waals surface area contributed by atoms with E-state index in [4.69, 9.17) is 16.7 Å². The fourth-order valence-electron chi connectivity index (χ4n) is 1.78. The van der Waals surface area contributed by atoms with E-state index in [1.807, 2.05) is 0 Å². The normalized spacial score (nSPS) is 19.8. The molecule has 0 radical (unpaired) electrons. The summed E-state index contributed by atoms with van der Waals surface area (Å²) in [7, 11) is 0. The highest BCUT2D eigenvalue weighted by Gasteiger charge is 2.35. The molecule has 0 spiro atoms. The lowest BCUT2D eigenvalue weighted by molar-refractivity contribution is -0.141. The quantitative estimate of drug-likeness (QED) is 0.868. The summed E-state index contributed by atoms with van der Waals surface area (Å²) in [5.74, 6) is -1.36. The molecule has 2 heterocycles. The summed E-state index contributed by atoms with van der Waals surface area (Å²) < 4.78 is 0. The molecule has 1 N–H and O–H groups in total. The largest absolute Gasteiger partial charge is 0.481 e. The van der Waals surface area contributed by atoms with Crippen LogP contribution in [0.4, 0.5) is 5.82 Å². The van der Waals surface area contributed by atoms with Gasteiger partial charge in [-0.3, -0.25) is 14.5 Å². The van der Waals surface area contributed by atoms with Crippen molar-refractivity contribution in [2.75, 3.05) is 11.4 Å². The summed E-state index contributed by atoms with van der Waals surface area (Å²) in [6, 6.07) is 3.28. The molecule has 1 aliphatic heterocycles. The average molecular weight is 255 g/mol. The number of carboxylic acids is 1. The number of aliphatic carboxylic acids is 1. The Bertz CT molecular complexity index is 490. The molecule has 1 atom stereocenters. The Morgan fingerprint density at radius 2 is 2.29 bits per heavy atom. The van der Waals surface area contributed by atoms with Crippen molar-refractivity contribution in [1.82, 2.24) is 4.98 Å². The number of anilines is 1. The average Bonchev–Trinajstić information content (AvgIpc) is 2.65. The van der Waals surface area contributed by atoms with Crippen LogP contribution >= 0.6 is 11.6 Å². The van der Waals surface area contributed by atoms with Crippen molar-refractivity contribution in [3.8, 4) is 0 Å². The third kappa shape index (κ3) is 2.24. The Morgan fingerprint density at radius 3 is 2.82 bits per heavy atom.